The summed E-state index contributed by atoms with van der Waals surface area (Å²) in [4.78, 5) is 12.5. The van der Waals surface area contributed by atoms with Crippen molar-refractivity contribution >= 4 is 33.2 Å². The standard InChI is InChI=1S/C19H21ClN2O3S/c1-13(2)9-10-21-19(23)12-22-17-8-7-14(20)11-16(17)15-5-3-4-6-18(15)26(22,24)25/h3-8,11,13H,9-10,12H2,1-2H3,(H,21,23). The second-order valence-electron chi connectivity index (χ2n) is 6.70. The van der Waals surface area contributed by atoms with Gasteiger partial charge in [-0.2, -0.15) is 0 Å². The van der Waals surface area contributed by atoms with E-state index < -0.39 is 10.0 Å². The van der Waals surface area contributed by atoms with Crippen molar-refractivity contribution in [3.05, 3.63) is 47.5 Å². The van der Waals surface area contributed by atoms with Gasteiger partial charge in [0.25, 0.3) is 10.0 Å². The van der Waals surface area contributed by atoms with Gasteiger partial charge in [0.05, 0.1) is 10.6 Å². The minimum Gasteiger partial charge on any atom is -0.355 e. The van der Waals surface area contributed by atoms with Crippen LogP contribution < -0.4 is 9.62 Å². The van der Waals surface area contributed by atoms with Crippen LogP contribution in [0.5, 0.6) is 0 Å². The first kappa shape index (κ1) is 18.7. The van der Waals surface area contributed by atoms with Gasteiger partial charge in [-0.05, 0) is 36.6 Å². The molecule has 2 aromatic rings. The molecule has 0 aromatic heterocycles. The lowest BCUT2D eigenvalue weighted by Crippen LogP contribution is -2.42. The van der Waals surface area contributed by atoms with Crippen molar-refractivity contribution in [2.75, 3.05) is 17.4 Å². The Hall–Kier alpha value is -2.05. The van der Waals surface area contributed by atoms with Gasteiger partial charge >= 0.3 is 0 Å². The van der Waals surface area contributed by atoms with E-state index in [1.807, 2.05) is 0 Å². The van der Waals surface area contributed by atoms with Crippen molar-refractivity contribution in [3.63, 3.8) is 0 Å². The summed E-state index contributed by atoms with van der Waals surface area (Å²) < 4.78 is 27.3. The number of anilines is 1. The molecule has 5 nitrogen and oxygen atoms in total. The highest BCUT2D eigenvalue weighted by Crippen LogP contribution is 2.43. The van der Waals surface area contributed by atoms with Crippen molar-refractivity contribution in [2.24, 2.45) is 5.92 Å². The van der Waals surface area contributed by atoms with Gasteiger partial charge in [-0.1, -0.05) is 43.6 Å². The molecule has 0 fully saturated rings. The van der Waals surface area contributed by atoms with Crippen molar-refractivity contribution in [1.82, 2.24) is 5.32 Å². The Balaban J connectivity index is 1.97. The maximum Gasteiger partial charge on any atom is 0.265 e. The Labute approximate surface area is 159 Å². The normalized spacial score (nSPS) is 14.7. The number of hydrogen-bond donors (Lipinski definition) is 1. The van der Waals surface area contributed by atoms with Gasteiger partial charge in [0.15, 0.2) is 0 Å². The number of carbonyl (C=O) groups excluding carboxylic acids is 1. The van der Waals surface area contributed by atoms with Gasteiger partial charge in [-0.25, -0.2) is 8.42 Å². The third kappa shape index (κ3) is 3.57. The molecule has 1 heterocycles. The third-order valence-corrected chi connectivity index (χ3v) is 6.36. The smallest absolute Gasteiger partial charge is 0.265 e. The van der Waals surface area contributed by atoms with E-state index in [4.69, 9.17) is 11.6 Å². The Morgan fingerprint density at radius 2 is 1.88 bits per heavy atom. The molecule has 0 spiro atoms. The van der Waals surface area contributed by atoms with Crippen molar-refractivity contribution in [3.8, 4) is 11.1 Å². The van der Waals surface area contributed by atoms with Crippen molar-refractivity contribution in [2.45, 2.75) is 25.2 Å². The Bertz CT molecular complexity index is 942. The van der Waals surface area contributed by atoms with E-state index in [-0.39, 0.29) is 17.3 Å². The highest BCUT2D eigenvalue weighted by molar-refractivity contribution is 7.93. The summed E-state index contributed by atoms with van der Waals surface area (Å²) in [5.41, 5.74) is 1.77. The van der Waals surface area contributed by atoms with E-state index in [2.05, 4.69) is 19.2 Å². The number of nitrogens with zero attached hydrogens (tertiary/aromatic N) is 1. The lowest BCUT2D eigenvalue weighted by molar-refractivity contribution is -0.119. The van der Waals surface area contributed by atoms with Gasteiger partial charge in [-0.3, -0.25) is 9.10 Å². The fourth-order valence-corrected chi connectivity index (χ4v) is 4.78. The van der Waals surface area contributed by atoms with Crippen LogP contribution in [0.3, 0.4) is 0 Å². The van der Waals surface area contributed by atoms with Crippen LogP contribution in [-0.2, 0) is 14.8 Å². The van der Waals surface area contributed by atoms with Gasteiger partial charge < -0.3 is 5.32 Å². The molecule has 138 valence electrons. The zero-order valence-electron chi connectivity index (χ0n) is 14.7. The topological polar surface area (TPSA) is 66.5 Å². The molecule has 1 amide bonds. The fraction of sp³-hybridized carbons (Fsp3) is 0.316. The van der Waals surface area contributed by atoms with Crippen LogP contribution in [0.25, 0.3) is 11.1 Å². The molecule has 7 heteroatoms. The number of carbonyl (C=O) groups is 1. The summed E-state index contributed by atoms with van der Waals surface area (Å²) in [7, 11) is -3.82. The second kappa shape index (κ2) is 7.29. The Morgan fingerprint density at radius 1 is 1.15 bits per heavy atom. The monoisotopic (exact) mass is 392 g/mol. The number of halogens is 1. The molecule has 1 N–H and O–H groups in total. The van der Waals surface area contributed by atoms with Crippen LogP contribution in [0.2, 0.25) is 5.02 Å². The summed E-state index contributed by atoms with van der Waals surface area (Å²) in [5.74, 6) is 0.137. The molecule has 1 aliphatic heterocycles. The first-order chi connectivity index (χ1) is 12.3. The molecule has 0 saturated carbocycles. The van der Waals surface area contributed by atoms with Crippen LogP contribution >= 0.6 is 11.6 Å². The average Bonchev–Trinajstić information content (AvgIpc) is 2.58. The first-order valence-corrected chi connectivity index (χ1v) is 10.3. The molecule has 0 radical (unpaired) electrons. The summed E-state index contributed by atoms with van der Waals surface area (Å²) in [6.45, 7) is 4.40. The number of sulfonamides is 1. The van der Waals surface area contributed by atoms with Gasteiger partial charge in [0.1, 0.15) is 6.54 Å². The number of nitrogens with one attached hydrogen (secondary N) is 1. The average molecular weight is 393 g/mol. The highest BCUT2D eigenvalue weighted by atomic mass is 35.5. The molecule has 2 aromatic carbocycles. The Morgan fingerprint density at radius 3 is 2.62 bits per heavy atom. The first-order valence-electron chi connectivity index (χ1n) is 8.49. The molecule has 0 atom stereocenters. The molecule has 26 heavy (non-hydrogen) atoms. The SMILES string of the molecule is CC(C)CCNC(=O)CN1c2ccc(Cl)cc2-c2ccccc2S1(=O)=O. The van der Waals surface area contributed by atoms with E-state index in [1.54, 1.807) is 42.5 Å². The number of fused-ring (bicyclic) bond motifs is 3. The van der Waals surface area contributed by atoms with Gasteiger partial charge in [0, 0.05) is 22.7 Å². The summed E-state index contributed by atoms with van der Waals surface area (Å²) >= 11 is 6.12. The molecular weight excluding hydrogens is 372 g/mol. The number of rotatable bonds is 5. The number of amides is 1. The van der Waals surface area contributed by atoms with E-state index >= 15 is 0 Å². The van der Waals surface area contributed by atoms with Crippen LogP contribution in [0.1, 0.15) is 20.3 Å². The van der Waals surface area contributed by atoms with Crippen LogP contribution in [0.15, 0.2) is 47.4 Å². The highest BCUT2D eigenvalue weighted by Gasteiger charge is 2.35. The van der Waals surface area contributed by atoms with E-state index in [1.165, 1.54) is 0 Å². The maximum absolute atomic E-state index is 13.1. The predicted octanol–water partition coefficient (Wildman–Crippen LogP) is 3.68. The van der Waals surface area contributed by atoms with E-state index in [0.717, 1.165) is 10.7 Å². The largest absolute Gasteiger partial charge is 0.355 e. The lowest BCUT2D eigenvalue weighted by Gasteiger charge is -2.31. The van der Waals surface area contributed by atoms with E-state index in [0.29, 0.717) is 34.3 Å². The lowest BCUT2D eigenvalue weighted by atomic mass is 10.0. The minimum absolute atomic E-state index is 0.185. The molecular formula is C19H21ClN2O3S. The predicted molar refractivity (Wildman–Crippen MR) is 104 cm³/mol. The minimum atomic E-state index is -3.82. The van der Waals surface area contributed by atoms with Crippen LogP contribution in [0, 0.1) is 5.92 Å². The molecule has 0 aliphatic carbocycles. The quantitative estimate of drug-likeness (QED) is 0.844. The molecule has 0 bridgehead atoms. The summed E-state index contributed by atoms with van der Waals surface area (Å²) in [5, 5.41) is 3.31. The Kier molecular flexibility index (Phi) is 5.25. The van der Waals surface area contributed by atoms with Gasteiger partial charge in [-0.15, -0.1) is 0 Å². The van der Waals surface area contributed by atoms with Gasteiger partial charge in [0.2, 0.25) is 5.91 Å². The summed E-state index contributed by atoms with van der Waals surface area (Å²) in [6.07, 6.45) is 0.841. The van der Waals surface area contributed by atoms with Crippen LogP contribution in [0.4, 0.5) is 5.69 Å². The van der Waals surface area contributed by atoms with Crippen molar-refractivity contribution in [1.29, 1.82) is 0 Å². The molecule has 3 rings (SSSR count). The third-order valence-electron chi connectivity index (χ3n) is 4.30. The van der Waals surface area contributed by atoms with Crippen molar-refractivity contribution < 1.29 is 13.2 Å². The number of hydrogen-bond acceptors (Lipinski definition) is 3. The fourth-order valence-electron chi connectivity index (χ4n) is 2.96. The van der Waals surface area contributed by atoms with Crippen LogP contribution in [-0.4, -0.2) is 27.4 Å². The molecule has 0 unspecified atom stereocenters. The molecule has 1 aliphatic rings. The maximum atomic E-state index is 13.1. The van der Waals surface area contributed by atoms with E-state index in [9.17, 15) is 13.2 Å². The summed E-state index contributed by atoms with van der Waals surface area (Å²) in [6, 6.07) is 11.8. The second-order valence-corrected chi connectivity index (χ2v) is 8.97. The number of benzene rings is 2. The zero-order valence-corrected chi connectivity index (χ0v) is 16.3. The molecule has 0 saturated heterocycles. The zero-order chi connectivity index (χ0) is 18.9.